The largest absolute Gasteiger partial charge is 0.312 e. The fourth-order valence-corrected chi connectivity index (χ4v) is 3.25. The van der Waals surface area contributed by atoms with Crippen molar-refractivity contribution in [3.05, 3.63) is 0 Å². The first-order valence-electron chi connectivity index (χ1n) is 7.58. The minimum Gasteiger partial charge on any atom is -0.312 e. The van der Waals surface area contributed by atoms with Crippen LogP contribution in [0.15, 0.2) is 0 Å². The van der Waals surface area contributed by atoms with Gasteiger partial charge in [-0.3, -0.25) is 4.90 Å². The second kappa shape index (κ2) is 5.71. The lowest BCUT2D eigenvalue weighted by Crippen LogP contribution is -2.49. The summed E-state index contributed by atoms with van der Waals surface area (Å²) in [6, 6.07) is 2.41. The summed E-state index contributed by atoms with van der Waals surface area (Å²) in [6.07, 6.45) is 5.61. The lowest BCUT2D eigenvalue weighted by Gasteiger charge is -2.37. The highest BCUT2D eigenvalue weighted by molar-refractivity contribution is 4.91. The molecule has 2 unspecified atom stereocenters. The Labute approximate surface area is 107 Å². The fourth-order valence-electron chi connectivity index (χ4n) is 3.25. The van der Waals surface area contributed by atoms with Crippen molar-refractivity contribution in [2.24, 2.45) is 11.8 Å². The number of hydrogen-bond acceptors (Lipinski definition) is 2. The van der Waals surface area contributed by atoms with E-state index in [4.69, 9.17) is 0 Å². The van der Waals surface area contributed by atoms with Gasteiger partial charge in [-0.05, 0) is 44.1 Å². The van der Waals surface area contributed by atoms with Crippen LogP contribution in [-0.4, -0.2) is 36.1 Å². The van der Waals surface area contributed by atoms with Crippen LogP contribution in [0.5, 0.6) is 0 Å². The summed E-state index contributed by atoms with van der Waals surface area (Å²) in [5, 5.41) is 3.73. The predicted octanol–water partition coefficient (Wildman–Crippen LogP) is 2.88. The Morgan fingerprint density at radius 2 is 1.82 bits per heavy atom. The van der Waals surface area contributed by atoms with Crippen LogP contribution in [0.2, 0.25) is 0 Å². The summed E-state index contributed by atoms with van der Waals surface area (Å²) in [5.74, 6) is 1.57. The molecule has 0 aromatic carbocycles. The van der Waals surface area contributed by atoms with Gasteiger partial charge < -0.3 is 5.32 Å². The van der Waals surface area contributed by atoms with E-state index in [0.717, 1.165) is 30.0 Å². The molecule has 2 nitrogen and oxygen atoms in total. The van der Waals surface area contributed by atoms with Gasteiger partial charge in [0.15, 0.2) is 0 Å². The second-order valence-electron chi connectivity index (χ2n) is 6.69. The van der Waals surface area contributed by atoms with Crippen LogP contribution in [-0.2, 0) is 0 Å². The van der Waals surface area contributed by atoms with Crippen LogP contribution < -0.4 is 5.32 Å². The van der Waals surface area contributed by atoms with E-state index in [-0.39, 0.29) is 0 Å². The number of likely N-dealkylation sites (tertiary alicyclic amines) is 1. The Morgan fingerprint density at radius 3 is 2.35 bits per heavy atom. The molecule has 1 aliphatic carbocycles. The van der Waals surface area contributed by atoms with Crippen LogP contribution >= 0.6 is 0 Å². The molecule has 2 fully saturated rings. The van der Waals surface area contributed by atoms with Gasteiger partial charge in [0, 0.05) is 24.7 Å². The zero-order chi connectivity index (χ0) is 12.4. The molecule has 1 saturated carbocycles. The molecule has 100 valence electrons. The Hall–Kier alpha value is -0.0800. The van der Waals surface area contributed by atoms with Crippen LogP contribution in [0.3, 0.4) is 0 Å². The molecule has 2 heteroatoms. The molecule has 0 bridgehead atoms. The van der Waals surface area contributed by atoms with Gasteiger partial charge in [0.1, 0.15) is 0 Å². The maximum Gasteiger partial charge on any atom is 0.0246 e. The van der Waals surface area contributed by atoms with Crippen molar-refractivity contribution in [3.63, 3.8) is 0 Å². The summed E-state index contributed by atoms with van der Waals surface area (Å²) in [7, 11) is 0. The molecule has 0 radical (unpaired) electrons. The van der Waals surface area contributed by atoms with E-state index >= 15 is 0 Å². The van der Waals surface area contributed by atoms with Crippen molar-refractivity contribution in [3.8, 4) is 0 Å². The lowest BCUT2D eigenvalue weighted by molar-refractivity contribution is 0.111. The summed E-state index contributed by atoms with van der Waals surface area (Å²) in [4.78, 5) is 2.80. The van der Waals surface area contributed by atoms with Crippen molar-refractivity contribution in [2.45, 2.75) is 71.5 Å². The molecule has 1 heterocycles. The van der Waals surface area contributed by atoms with Gasteiger partial charge in [0.25, 0.3) is 0 Å². The van der Waals surface area contributed by atoms with E-state index in [1.54, 1.807) is 0 Å². The fraction of sp³-hybridized carbons (Fsp3) is 1.00. The van der Waals surface area contributed by atoms with Gasteiger partial charge in [-0.1, -0.05) is 27.7 Å². The molecule has 0 aromatic rings. The molecule has 2 atom stereocenters. The van der Waals surface area contributed by atoms with E-state index in [2.05, 4.69) is 37.9 Å². The van der Waals surface area contributed by atoms with Crippen LogP contribution in [0.25, 0.3) is 0 Å². The zero-order valence-electron chi connectivity index (χ0n) is 12.1. The number of rotatable bonds is 6. The maximum atomic E-state index is 3.73. The minimum atomic E-state index is 0.741. The molecule has 0 aromatic heterocycles. The van der Waals surface area contributed by atoms with E-state index in [1.165, 1.54) is 38.8 Å². The maximum absolute atomic E-state index is 3.73. The van der Waals surface area contributed by atoms with Gasteiger partial charge in [-0.15, -0.1) is 0 Å². The summed E-state index contributed by atoms with van der Waals surface area (Å²) in [5.41, 5.74) is 0. The normalized spacial score (nSPS) is 28.2. The van der Waals surface area contributed by atoms with Gasteiger partial charge >= 0.3 is 0 Å². The average molecular weight is 238 g/mol. The third kappa shape index (κ3) is 3.45. The third-order valence-corrected chi connectivity index (χ3v) is 4.50. The van der Waals surface area contributed by atoms with Crippen molar-refractivity contribution < 1.29 is 0 Å². The second-order valence-corrected chi connectivity index (χ2v) is 6.69. The lowest BCUT2D eigenvalue weighted by atomic mass is 9.96. The molecule has 1 aliphatic heterocycles. The average Bonchev–Trinajstić information content (AvgIpc) is 2.94. The first-order chi connectivity index (χ1) is 8.09. The highest BCUT2D eigenvalue weighted by atomic mass is 15.2. The molecular formula is C15H30N2. The molecule has 1 N–H and O–H groups in total. The molecule has 0 amide bonds. The van der Waals surface area contributed by atoms with Crippen molar-refractivity contribution in [2.75, 3.05) is 13.1 Å². The molecule has 1 saturated heterocycles. The van der Waals surface area contributed by atoms with Gasteiger partial charge in [-0.2, -0.15) is 0 Å². The van der Waals surface area contributed by atoms with E-state index in [0.29, 0.717) is 0 Å². The molecular weight excluding hydrogens is 208 g/mol. The highest BCUT2D eigenvalue weighted by Crippen LogP contribution is 2.29. The Bertz CT molecular complexity index is 233. The standard InChI is InChI=1S/C15H30N2/c1-11(2)14-6-5-9-17(14)15(12(3)4)10-16-13-7-8-13/h11-16H,5-10H2,1-4H3. The van der Waals surface area contributed by atoms with Crippen LogP contribution in [0, 0.1) is 11.8 Å². The monoisotopic (exact) mass is 238 g/mol. The van der Waals surface area contributed by atoms with Gasteiger partial charge in [-0.25, -0.2) is 0 Å². The van der Waals surface area contributed by atoms with Crippen molar-refractivity contribution in [1.82, 2.24) is 10.2 Å². The molecule has 17 heavy (non-hydrogen) atoms. The summed E-state index contributed by atoms with van der Waals surface area (Å²) >= 11 is 0. The first kappa shape index (κ1) is 13.4. The number of hydrogen-bond donors (Lipinski definition) is 1. The van der Waals surface area contributed by atoms with Gasteiger partial charge in [0.05, 0.1) is 0 Å². The van der Waals surface area contributed by atoms with Gasteiger partial charge in [0.2, 0.25) is 0 Å². The summed E-state index contributed by atoms with van der Waals surface area (Å²) in [6.45, 7) is 12.1. The van der Waals surface area contributed by atoms with Crippen molar-refractivity contribution >= 4 is 0 Å². The number of nitrogens with zero attached hydrogens (tertiary/aromatic N) is 1. The number of nitrogens with one attached hydrogen (secondary N) is 1. The smallest absolute Gasteiger partial charge is 0.0246 e. The zero-order valence-corrected chi connectivity index (χ0v) is 12.1. The molecule has 2 aliphatic rings. The Kier molecular flexibility index (Phi) is 4.48. The Balaban J connectivity index is 1.92. The van der Waals surface area contributed by atoms with E-state index in [1.807, 2.05) is 0 Å². The quantitative estimate of drug-likeness (QED) is 0.765. The third-order valence-electron chi connectivity index (χ3n) is 4.50. The van der Waals surface area contributed by atoms with Crippen LogP contribution in [0.1, 0.15) is 53.4 Å². The minimum absolute atomic E-state index is 0.741. The summed E-state index contributed by atoms with van der Waals surface area (Å²) < 4.78 is 0. The molecule has 0 spiro atoms. The van der Waals surface area contributed by atoms with Crippen LogP contribution in [0.4, 0.5) is 0 Å². The topological polar surface area (TPSA) is 15.3 Å². The SMILES string of the molecule is CC(C)C1CCCN1C(CNC1CC1)C(C)C. The first-order valence-corrected chi connectivity index (χ1v) is 7.58. The van der Waals surface area contributed by atoms with E-state index < -0.39 is 0 Å². The predicted molar refractivity (Wildman–Crippen MR) is 74.2 cm³/mol. The highest BCUT2D eigenvalue weighted by Gasteiger charge is 2.34. The van der Waals surface area contributed by atoms with Crippen molar-refractivity contribution in [1.29, 1.82) is 0 Å². The van der Waals surface area contributed by atoms with E-state index in [9.17, 15) is 0 Å². The molecule has 2 rings (SSSR count). The Morgan fingerprint density at radius 1 is 1.12 bits per heavy atom.